The topological polar surface area (TPSA) is 80.2 Å². The van der Waals surface area contributed by atoms with Crippen molar-refractivity contribution in [1.82, 2.24) is 15.2 Å². The molecule has 0 radical (unpaired) electrons. The Morgan fingerprint density at radius 3 is 2.79 bits per heavy atom. The minimum atomic E-state index is -0.0975. The Balaban J connectivity index is 1.45. The highest BCUT2D eigenvalue weighted by Crippen LogP contribution is 2.29. The lowest BCUT2D eigenvalue weighted by Crippen LogP contribution is -2.41. The standard InChI is InChI=1S/C22H23N5O2/c1-29-20-9-3-2-8-18(20)19-10-11-21(26-25-19)27-13-5-6-16(15-27)22(28)24-17-7-4-12-23-14-17/h2-4,7-12,14,16H,5-6,13,15H2,1H3,(H,24,28). The largest absolute Gasteiger partial charge is 0.496 e. The van der Waals surface area contributed by atoms with E-state index in [0.717, 1.165) is 47.9 Å². The summed E-state index contributed by atoms with van der Waals surface area (Å²) in [5.41, 5.74) is 2.38. The Bertz CT molecular complexity index is 962. The van der Waals surface area contributed by atoms with Gasteiger partial charge in [0.05, 0.1) is 30.6 Å². The molecule has 1 N–H and O–H groups in total. The maximum Gasteiger partial charge on any atom is 0.229 e. The molecule has 0 spiro atoms. The first-order chi connectivity index (χ1) is 14.2. The van der Waals surface area contributed by atoms with E-state index in [1.807, 2.05) is 48.5 Å². The Morgan fingerprint density at radius 1 is 1.14 bits per heavy atom. The highest BCUT2D eigenvalue weighted by atomic mass is 16.5. The van der Waals surface area contributed by atoms with Crippen LogP contribution in [0.4, 0.5) is 11.5 Å². The third-order valence-electron chi connectivity index (χ3n) is 5.08. The van der Waals surface area contributed by atoms with Crippen LogP contribution >= 0.6 is 0 Å². The molecule has 1 aromatic carbocycles. The summed E-state index contributed by atoms with van der Waals surface area (Å²) in [6.07, 6.45) is 5.13. The number of carbonyl (C=O) groups excluding carboxylic acids is 1. The molecule has 4 rings (SSSR count). The molecule has 0 aliphatic carbocycles. The van der Waals surface area contributed by atoms with Crippen molar-refractivity contribution in [2.24, 2.45) is 5.92 Å². The van der Waals surface area contributed by atoms with Gasteiger partial charge in [0.1, 0.15) is 5.75 Å². The number of rotatable bonds is 5. The van der Waals surface area contributed by atoms with E-state index in [9.17, 15) is 4.79 Å². The average molecular weight is 389 g/mol. The zero-order valence-corrected chi connectivity index (χ0v) is 16.3. The van der Waals surface area contributed by atoms with E-state index in [-0.39, 0.29) is 11.8 Å². The van der Waals surface area contributed by atoms with Crippen LogP contribution in [0, 0.1) is 5.92 Å². The molecule has 1 saturated heterocycles. The monoisotopic (exact) mass is 389 g/mol. The fourth-order valence-corrected chi connectivity index (χ4v) is 3.57. The lowest BCUT2D eigenvalue weighted by Gasteiger charge is -2.32. The number of carbonyl (C=O) groups is 1. The fourth-order valence-electron chi connectivity index (χ4n) is 3.57. The number of anilines is 2. The van der Waals surface area contributed by atoms with Gasteiger partial charge in [0.15, 0.2) is 5.82 Å². The molecule has 1 amide bonds. The number of para-hydroxylation sites is 1. The number of benzene rings is 1. The number of aromatic nitrogens is 3. The molecular weight excluding hydrogens is 366 g/mol. The van der Waals surface area contributed by atoms with Gasteiger partial charge in [-0.3, -0.25) is 9.78 Å². The molecule has 1 aliphatic rings. The number of hydrogen-bond acceptors (Lipinski definition) is 6. The highest BCUT2D eigenvalue weighted by Gasteiger charge is 2.27. The number of ether oxygens (including phenoxy) is 1. The normalized spacial score (nSPS) is 16.3. The van der Waals surface area contributed by atoms with Crippen molar-refractivity contribution in [2.75, 3.05) is 30.4 Å². The summed E-state index contributed by atoms with van der Waals surface area (Å²) in [6, 6.07) is 15.3. The van der Waals surface area contributed by atoms with Gasteiger partial charge < -0.3 is 15.0 Å². The van der Waals surface area contributed by atoms with Gasteiger partial charge in [-0.15, -0.1) is 10.2 Å². The number of piperidine rings is 1. The van der Waals surface area contributed by atoms with Gasteiger partial charge in [0.25, 0.3) is 0 Å². The van der Waals surface area contributed by atoms with Crippen molar-refractivity contribution in [2.45, 2.75) is 12.8 Å². The van der Waals surface area contributed by atoms with Gasteiger partial charge in [0.2, 0.25) is 5.91 Å². The lowest BCUT2D eigenvalue weighted by molar-refractivity contribution is -0.120. The molecule has 0 bridgehead atoms. The maximum atomic E-state index is 12.6. The first-order valence-corrected chi connectivity index (χ1v) is 9.67. The summed E-state index contributed by atoms with van der Waals surface area (Å²) in [4.78, 5) is 18.8. The number of methoxy groups -OCH3 is 1. The molecule has 1 aliphatic heterocycles. The summed E-state index contributed by atoms with van der Waals surface area (Å²) in [5, 5.41) is 11.7. The smallest absolute Gasteiger partial charge is 0.229 e. The van der Waals surface area contributed by atoms with E-state index >= 15 is 0 Å². The van der Waals surface area contributed by atoms with Crippen molar-refractivity contribution in [3.05, 3.63) is 60.9 Å². The predicted molar refractivity (Wildman–Crippen MR) is 112 cm³/mol. The van der Waals surface area contributed by atoms with Crippen molar-refractivity contribution in [3.63, 3.8) is 0 Å². The molecule has 0 saturated carbocycles. The van der Waals surface area contributed by atoms with Crippen LogP contribution in [-0.4, -0.2) is 41.3 Å². The van der Waals surface area contributed by atoms with E-state index in [2.05, 4.69) is 25.4 Å². The van der Waals surface area contributed by atoms with Crippen LogP contribution in [-0.2, 0) is 4.79 Å². The predicted octanol–water partition coefficient (Wildman–Crippen LogP) is 3.40. The van der Waals surface area contributed by atoms with Crippen LogP contribution in [0.15, 0.2) is 60.9 Å². The molecule has 2 aromatic heterocycles. The molecule has 1 fully saturated rings. The summed E-state index contributed by atoms with van der Waals surface area (Å²) < 4.78 is 5.41. The van der Waals surface area contributed by atoms with Crippen molar-refractivity contribution in [3.8, 4) is 17.0 Å². The maximum absolute atomic E-state index is 12.6. The van der Waals surface area contributed by atoms with Gasteiger partial charge in [-0.2, -0.15) is 0 Å². The molecule has 29 heavy (non-hydrogen) atoms. The molecule has 1 unspecified atom stereocenters. The average Bonchev–Trinajstić information content (AvgIpc) is 2.80. The molecule has 7 heteroatoms. The Morgan fingerprint density at radius 2 is 2.03 bits per heavy atom. The molecule has 148 valence electrons. The first kappa shape index (κ1) is 18.9. The van der Waals surface area contributed by atoms with Gasteiger partial charge in [0, 0.05) is 24.8 Å². The second kappa shape index (κ2) is 8.68. The number of pyridine rings is 1. The molecule has 3 aromatic rings. The van der Waals surface area contributed by atoms with Crippen LogP contribution in [0.3, 0.4) is 0 Å². The van der Waals surface area contributed by atoms with Gasteiger partial charge >= 0.3 is 0 Å². The van der Waals surface area contributed by atoms with Gasteiger partial charge in [-0.05, 0) is 49.2 Å². The molecule has 7 nitrogen and oxygen atoms in total. The number of hydrogen-bond donors (Lipinski definition) is 1. The number of amides is 1. The Labute approximate surface area is 169 Å². The van der Waals surface area contributed by atoms with E-state index in [1.165, 1.54) is 0 Å². The summed E-state index contributed by atoms with van der Waals surface area (Å²) in [6.45, 7) is 1.48. The zero-order valence-electron chi connectivity index (χ0n) is 16.3. The van der Waals surface area contributed by atoms with E-state index in [1.54, 1.807) is 19.5 Å². The van der Waals surface area contributed by atoms with Crippen LogP contribution < -0.4 is 15.0 Å². The van der Waals surface area contributed by atoms with Crippen LogP contribution in [0.2, 0.25) is 0 Å². The molecule has 3 heterocycles. The van der Waals surface area contributed by atoms with Crippen LogP contribution in [0.5, 0.6) is 5.75 Å². The van der Waals surface area contributed by atoms with Gasteiger partial charge in [-0.1, -0.05) is 12.1 Å². The lowest BCUT2D eigenvalue weighted by atomic mass is 9.97. The SMILES string of the molecule is COc1ccccc1-c1ccc(N2CCCC(C(=O)Nc3cccnc3)C2)nn1. The zero-order chi connectivity index (χ0) is 20.1. The minimum absolute atomic E-state index is 0.0151. The second-order valence-electron chi connectivity index (χ2n) is 6.99. The van der Waals surface area contributed by atoms with Gasteiger partial charge in [-0.25, -0.2) is 0 Å². The van der Waals surface area contributed by atoms with E-state index in [0.29, 0.717) is 6.54 Å². The number of nitrogens with zero attached hydrogens (tertiary/aromatic N) is 4. The minimum Gasteiger partial charge on any atom is -0.496 e. The van der Waals surface area contributed by atoms with Crippen LogP contribution in [0.1, 0.15) is 12.8 Å². The summed E-state index contributed by atoms with van der Waals surface area (Å²) in [5.74, 6) is 1.46. The van der Waals surface area contributed by atoms with Crippen LogP contribution in [0.25, 0.3) is 11.3 Å². The van der Waals surface area contributed by atoms with Crippen molar-refractivity contribution >= 4 is 17.4 Å². The first-order valence-electron chi connectivity index (χ1n) is 9.67. The third-order valence-corrected chi connectivity index (χ3v) is 5.08. The molecular formula is C22H23N5O2. The Kier molecular flexibility index (Phi) is 5.65. The van der Waals surface area contributed by atoms with E-state index in [4.69, 9.17) is 4.74 Å². The van der Waals surface area contributed by atoms with Crippen molar-refractivity contribution < 1.29 is 9.53 Å². The summed E-state index contributed by atoms with van der Waals surface area (Å²) in [7, 11) is 1.64. The molecule has 1 atom stereocenters. The Hall–Kier alpha value is -3.48. The quantitative estimate of drug-likeness (QED) is 0.720. The number of nitrogens with one attached hydrogen (secondary N) is 1. The van der Waals surface area contributed by atoms with Crippen molar-refractivity contribution in [1.29, 1.82) is 0 Å². The highest BCUT2D eigenvalue weighted by molar-refractivity contribution is 5.92. The van der Waals surface area contributed by atoms with E-state index < -0.39 is 0 Å². The fraction of sp³-hybridized carbons (Fsp3) is 0.273. The third kappa shape index (κ3) is 4.34. The second-order valence-corrected chi connectivity index (χ2v) is 6.99. The summed E-state index contributed by atoms with van der Waals surface area (Å²) >= 11 is 0.